The van der Waals surface area contributed by atoms with Crippen molar-refractivity contribution in [3.8, 4) is 11.5 Å². The molecule has 238 valence electrons. The Morgan fingerprint density at radius 2 is 1.29 bits per heavy atom. The fourth-order valence-corrected chi connectivity index (χ4v) is 3.11. The van der Waals surface area contributed by atoms with Crippen LogP contribution in [0.25, 0.3) is 0 Å². The minimum absolute atomic E-state index is 0.0143. The Labute approximate surface area is 249 Å². The van der Waals surface area contributed by atoms with E-state index in [1.54, 1.807) is 33.8 Å². The van der Waals surface area contributed by atoms with Gasteiger partial charge in [0.1, 0.15) is 18.2 Å². The first-order valence-electron chi connectivity index (χ1n) is 14.5. The van der Waals surface area contributed by atoms with Crippen LogP contribution in [0.5, 0.6) is 11.5 Å². The van der Waals surface area contributed by atoms with Crippen LogP contribution in [0.15, 0.2) is 18.2 Å². The third kappa shape index (κ3) is 13.5. The van der Waals surface area contributed by atoms with E-state index in [-0.39, 0.29) is 37.1 Å². The summed E-state index contributed by atoms with van der Waals surface area (Å²) in [6.07, 6.45) is -1.43. The molecular formula is C31H49NO10. The maximum absolute atomic E-state index is 12.7. The van der Waals surface area contributed by atoms with Crippen molar-refractivity contribution in [1.82, 2.24) is 0 Å². The molecule has 0 aromatic heterocycles. The summed E-state index contributed by atoms with van der Waals surface area (Å²) in [7, 11) is 0. The number of carbonyl (C=O) groups is 4. The van der Waals surface area contributed by atoms with Gasteiger partial charge in [-0.05, 0) is 82.9 Å². The summed E-state index contributed by atoms with van der Waals surface area (Å²) in [5.74, 6) is -0.596. The quantitative estimate of drug-likeness (QED) is 0.137. The van der Waals surface area contributed by atoms with Crippen molar-refractivity contribution < 1.29 is 47.6 Å². The molecule has 0 fully saturated rings. The Hall–Kier alpha value is -3.34. The molecule has 0 aliphatic heterocycles. The molecule has 0 amide bonds. The van der Waals surface area contributed by atoms with Crippen molar-refractivity contribution in [3.05, 3.63) is 23.8 Å². The minimum Gasteiger partial charge on any atom is -0.458 e. The van der Waals surface area contributed by atoms with Gasteiger partial charge in [-0.25, -0.2) is 9.59 Å². The Kier molecular flexibility index (Phi) is 15.4. The number of ether oxygens (including phenoxy) is 6. The van der Waals surface area contributed by atoms with Crippen LogP contribution in [0.4, 0.5) is 9.59 Å². The zero-order valence-electron chi connectivity index (χ0n) is 26.5. The number of rotatable bonds is 16. The highest BCUT2D eigenvalue weighted by molar-refractivity contribution is 5.77. The Bertz CT molecular complexity index is 1040. The summed E-state index contributed by atoms with van der Waals surface area (Å²) >= 11 is 0. The van der Waals surface area contributed by atoms with E-state index < -0.39 is 41.9 Å². The van der Waals surface area contributed by atoms with Crippen LogP contribution in [-0.4, -0.2) is 55.7 Å². The molecule has 0 saturated heterocycles. The van der Waals surface area contributed by atoms with Gasteiger partial charge in [0, 0.05) is 0 Å². The van der Waals surface area contributed by atoms with Crippen molar-refractivity contribution in [2.24, 2.45) is 23.0 Å². The van der Waals surface area contributed by atoms with E-state index in [4.69, 9.17) is 34.2 Å². The molecule has 0 spiro atoms. The standard InChI is InChI=1S/C31H49NO10/c1-10-31(8,9)28(34)40-22(7)21(6)39-27(33)24(32)17-23-11-12-25(41-29(35)37-15-13-19(2)3)26(18-23)42-30(36)38-16-14-20(4)5/h11-12,18-22,24H,10,13-17,32H2,1-9H3/t21-,22?,24-/m0/s1. The topological polar surface area (TPSA) is 150 Å². The van der Waals surface area contributed by atoms with Gasteiger partial charge in [0.2, 0.25) is 0 Å². The molecule has 0 radical (unpaired) electrons. The fraction of sp³-hybridized carbons (Fsp3) is 0.677. The first-order valence-corrected chi connectivity index (χ1v) is 14.5. The summed E-state index contributed by atoms with van der Waals surface area (Å²) in [4.78, 5) is 49.6. The molecule has 2 N–H and O–H groups in total. The van der Waals surface area contributed by atoms with Crippen molar-refractivity contribution in [1.29, 1.82) is 0 Å². The monoisotopic (exact) mass is 595 g/mol. The largest absolute Gasteiger partial charge is 0.513 e. The normalized spacial score (nSPS) is 13.6. The summed E-state index contributed by atoms with van der Waals surface area (Å²) in [5.41, 5.74) is 5.96. The average Bonchev–Trinajstić information content (AvgIpc) is 2.89. The third-order valence-corrected chi connectivity index (χ3v) is 6.68. The van der Waals surface area contributed by atoms with E-state index in [1.807, 2.05) is 34.6 Å². The van der Waals surface area contributed by atoms with Gasteiger partial charge >= 0.3 is 24.2 Å². The van der Waals surface area contributed by atoms with Gasteiger partial charge in [-0.1, -0.05) is 40.7 Å². The van der Waals surface area contributed by atoms with E-state index >= 15 is 0 Å². The van der Waals surface area contributed by atoms with Crippen molar-refractivity contribution in [3.63, 3.8) is 0 Å². The molecule has 0 saturated carbocycles. The molecule has 0 heterocycles. The summed E-state index contributed by atoms with van der Waals surface area (Å²) < 4.78 is 31.7. The van der Waals surface area contributed by atoms with Gasteiger partial charge in [-0.2, -0.15) is 0 Å². The lowest BCUT2D eigenvalue weighted by Crippen LogP contribution is -2.40. The highest BCUT2D eigenvalue weighted by Gasteiger charge is 2.31. The lowest BCUT2D eigenvalue weighted by Gasteiger charge is -2.27. The Balaban J connectivity index is 2.94. The molecular weight excluding hydrogens is 546 g/mol. The van der Waals surface area contributed by atoms with Gasteiger partial charge in [0.05, 0.1) is 18.6 Å². The highest BCUT2D eigenvalue weighted by Crippen LogP contribution is 2.30. The van der Waals surface area contributed by atoms with Crippen molar-refractivity contribution in [2.75, 3.05) is 13.2 Å². The lowest BCUT2D eigenvalue weighted by molar-refractivity contribution is -0.172. The van der Waals surface area contributed by atoms with E-state index in [9.17, 15) is 19.2 Å². The molecule has 3 atom stereocenters. The molecule has 11 heteroatoms. The third-order valence-electron chi connectivity index (χ3n) is 6.68. The lowest BCUT2D eigenvalue weighted by atomic mass is 9.90. The molecule has 1 aromatic rings. The second-order valence-corrected chi connectivity index (χ2v) is 11.8. The molecule has 0 aliphatic carbocycles. The zero-order chi connectivity index (χ0) is 32.0. The first kappa shape index (κ1) is 36.7. The minimum atomic E-state index is -1.08. The van der Waals surface area contributed by atoms with Crippen LogP contribution in [0.1, 0.15) is 87.1 Å². The number of nitrogens with two attached hydrogens (primary N) is 1. The van der Waals surface area contributed by atoms with Crippen molar-refractivity contribution >= 4 is 24.2 Å². The average molecular weight is 596 g/mol. The van der Waals surface area contributed by atoms with Gasteiger partial charge in [0.25, 0.3) is 0 Å². The Morgan fingerprint density at radius 3 is 1.79 bits per heavy atom. The van der Waals surface area contributed by atoms with E-state index in [2.05, 4.69) is 0 Å². The fourth-order valence-electron chi connectivity index (χ4n) is 3.11. The first-order chi connectivity index (χ1) is 19.5. The molecule has 11 nitrogen and oxygen atoms in total. The molecule has 1 aromatic carbocycles. The molecule has 0 bridgehead atoms. The summed E-state index contributed by atoms with van der Waals surface area (Å²) in [5, 5.41) is 0. The summed E-state index contributed by atoms with van der Waals surface area (Å²) in [6.45, 7) is 17.0. The molecule has 42 heavy (non-hydrogen) atoms. The van der Waals surface area contributed by atoms with Gasteiger partial charge in [-0.15, -0.1) is 0 Å². The maximum Gasteiger partial charge on any atom is 0.513 e. The molecule has 1 rings (SSSR count). The smallest absolute Gasteiger partial charge is 0.458 e. The zero-order valence-corrected chi connectivity index (χ0v) is 26.5. The van der Waals surface area contributed by atoms with Gasteiger partial charge in [-0.3, -0.25) is 9.59 Å². The van der Waals surface area contributed by atoms with Crippen LogP contribution in [0.3, 0.4) is 0 Å². The predicted molar refractivity (Wildman–Crippen MR) is 156 cm³/mol. The molecule has 0 aliphatic rings. The summed E-state index contributed by atoms with van der Waals surface area (Å²) in [6, 6.07) is 3.32. The maximum atomic E-state index is 12.7. The van der Waals surface area contributed by atoms with Crippen molar-refractivity contribution in [2.45, 2.75) is 106 Å². The Morgan fingerprint density at radius 1 is 0.786 bits per heavy atom. The van der Waals surface area contributed by atoms with Crippen LogP contribution < -0.4 is 15.2 Å². The number of hydrogen-bond donors (Lipinski definition) is 1. The number of carbonyl (C=O) groups excluding carboxylic acids is 4. The van der Waals surface area contributed by atoms with Crippen LogP contribution in [-0.2, 0) is 35.0 Å². The number of benzene rings is 1. The van der Waals surface area contributed by atoms with E-state index in [0.29, 0.717) is 36.7 Å². The second kappa shape index (κ2) is 17.6. The SMILES string of the molecule is CCC(C)(C)C(=O)OC(C)[C@H](C)OC(=O)[C@@H](N)Cc1ccc(OC(=O)OCCC(C)C)c(OC(=O)OCCC(C)C)c1. The second-order valence-electron chi connectivity index (χ2n) is 11.8. The van der Waals surface area contributed by atoms with Gasteiger partial charge < -0.3 is 34.2 Å². The predicted octanol–water partition coefficient (Wildman–Crippen LogP) is 5.98. The van der Waals surface area contributed by atoms with Crippen LogP contribution in [0, 0.1) is 17.3 Å². The van der Waals surface area contributed by atoms with Crippen LogP contribution >= 0.6 is 0 Å². The van der Waals surface area contributed by atoms with Gasteiger partial charge in [0.15, 0.2) is 11.5 Å². The molecule has 1 unspecified atom stereocenters. The number of hydrogen-bond acceptors (Lipinski definition) is 11. The van der Waals surface area contributed by atoms with E-state index in [0.717, 1.165) is 0 Å². The highest BCUT2D eigenvalue weighted by atomic mass is 16.7. The van der Waals surface area contributed by atoms with Crippen LogP contribution in [0.2, 0.25) is 0 Å². The van der Waals surface area contributed by atoms with E-state index in [1.165, 1.54) is 12.1 Å². The number of esters is 2.